The van der Waals surface area contributed by atoms with Gasteiger partial charge in [-0.2, -0.15) is 0 Å². The van der Waals surface area contributed by atoms with Crippen LogP contribution in [0.3, 0.4) is 0 Å². The largest absolute Gasteiger partial charge is 0.393 e. The Bertz CT molecular complexity index is 105. The lowest BCUT2D eigenvalue weighted by Gasteiger charge is -1.95. The molecule has 3 nitrogen and oxygen atoms in total. The molecular formula is C5H9NO2. The van der Waals surface area contributed by atoms with E-state index in [0.717, 1.165) is 0 Å². The highest BCUT2D eigenvalue weighted by molar-refractivity contribution is 5.58. The molecule has 1 fully saturated rings. The maximum atomic E-state index is 9.90. The second-order valence-electron chi connectivity index (χ2n) is 2.18. The zero-order valence-electron chi connectivity index (χ0n) is 4.45. The van der Waals surface area contributed by atoms with Crippen LogP contribution in [0.1, 0.15) is 6.42 Å². The lowest BCUT2D eigenvalue weighted by atomic mass is 10.2. The van der Waals surface area contributed by atoms with Crippen LogP contribution in [0.5, 0.6) is 0 Å². The van der Waals surface area contributed by atoms with Crippen molar-refractivity contribution in [3.05, 3.63) is 0 Å². The monoisotopic (exact) mass is 115 g/mol. The van der Waals surface area contributed by atoms with E-state index in [1.54, 1.807) is 0 Å². The Morgan fingerprint density at radius 2 is 2.38 bits per heavy atom. The van der Waals surface area contributed by atoms with E-state index < -0.39 is 6.04 Å². The lowest BCUT2D eigenvalue weighted by molar-refractivity contribution is -0.109. The van der Waals surface area contributed by atoms with Crippen molar-refractivity contribution in [2.75, 3.05) is 0 Å². The summed E-state index contributed by atoms with van der Waals surface area (Å²) in [5.41, 5.74) is 5.24. The summed E-state index contributed by atoms with van der Waals surface area (Å²) < 4.78 is 0. The molecule has 0 aromatic rings. The van der Waals surface area contributed by atoms with Crippen LogP contribution in [0.25, 0.3) is 0 Å². The molecule has 0 heterocycles. The highest BCUT2D eigenvalue weighted by atomic mass is 16.3. The summed E-state index contributed by atoms with van der Waals surface area (Å²) in [4.78, 5) is 9.90. The standard InChI is InChI=1S/C5H9NO2/c6-4(2-7)3-1-5(3)8/h2-5,8H,1,6H2/t3?,4-,5?/m1/s1. The molecule has 0 radical (unpaired) electrons. The molecule has 1 aliphatic rings. The first kappa shape index (κ1) is 5.72. The number of hydrogen-bond acceptors (Lipinski definition) is 3. The van der Waals surface area contributed by atoms with Crippen LogP contribution in [-0.2, 0) is 4.79 Å². The molecule has 1 rings (SSSR count). The molecule has 1 aliphatic carbocycles. The number of carbonyl (C=O) groups is 1. The third-order valence-electron chi connectivity index (χ3n) is 1.46. The summed E-state index contributed by atoms with van der Waals surface area (Å²) in [7, 11) is 0. The van der Waals surface area contributed by atoms with Gasteiger partial charge < -0.3 is 15.6 Å². The summed E-state index contributed by atoms with van der Waals surface area (Å²) in [5, 5.41) is 8.69. The molecule has 8 heavy (non-hydrogen) atoms. The van der Waals surface area contributed by atoms with E-state index in [0.29, 0.717) is 12.7 Å². The van der Waals surface area contributed by atoms with E-state index in [1.165, 1.54) is 0 Å². The summed E-state index contributed by atoms with van der Waals surface area (Å²) in [6.45, 7) is 0. The van der Waals surface area contributed by atoms with Crippen molar-refractivity contribution in [2.24, 2.45) is 11.7 Å². The van der Waals surface area contributed by atoms with E-state index in [9.17, 15) is 4.79 Å². The molecule has 3 atom stereocenters. The van der Waals surface area contributed by atoms with Gasteiger partial charge >= 0.3 is 0 Å². The number of nitrogens with two attached hydrogens (primary N) is 1. The zero-order valence-corrected chi connectivity index (χ0v) is 4.45. The first-order valence-electron chi connectivity index (χ1n) is 2.64. The van der Waals surface area contributed by atoms with Crippen LogP contribution in [-0.4, -0.2) is 23.5 Å². The highest BCUT2D eigenvalue weighted by Crippen LogP contribution is 2.31. The zero-order chi connectivity index (χ0) is 6.15. The third kappa shape index (κ3) is 0.877. The van der Waals surface area contributed by atoms with Gasteiger partial charge in [-0.1, -0.05) is 0 Å². The Hall–Kier alpha value is -0.410. The maximum absolute atomic E-state index is 9.90. The normalized spacial score (nSPS) is 38.8. The van der Waals surface area contributed by atoms with Gasteiger partial charge in [0.05, 0.1) is 12.1 Å². The molecule has 0 aliphatic heterocycles. The average Bonchev–Trinajstić information content (AvgIpc) is 2.45. The first-order valence-corrected chi connectivity index (χ1v) is 2.64. The van der Waals surface area contributed by atoms with Gasteiger partial charge in [0.1, 0.15) is 6.29 Å². The Kier molecular flexibility index (Phi) is 1.31. The molecule has 0 amide bonds. The molecule has 3 heteroatoms. The quantitative estimate of drug-likeness (QED) is 0.449. The van der Waals surface area contributed by atoms with Crippen molar-refractivity contribution in [1.82, 2.24) is 0 Å². The summed E-state index contributed by atoms with van der Waals surface area (Å²) in [5.74, 6) is 0.0486. The maximum Gasteiger partial charge on any atom is 0.137 e. The van der Waals surface area contributed by atoms with Crippen LogP contribution in [0, 0.1) is 5.92 Å². The number of aliphatic hydroxyl groups is 1. The van der Waals surface area contributed by atoms with E-state index in [2.05, 4.69) is 0 Å². The minimum Gasteiger partial charge on any atom is -0.393 e. The molecule has 0 bridgehead atoms. The van der Waals surface area contributed by atoms with Gasteiger partial charge in [-0.3, -0.25) is 0 Å². The number of carbonyl (C=O) groups excluding carboxylic acids is 1. The van der Waals surface area contributed by atoms with E-state index in [1.807, 2.05) is 0 Å². The van der Waals surface area contributed by atoms with Crippen molar-refractivity contribution in [3.8, 4) is 0 Å². The van der Waals surface area contributed by atoms with E-state index in [-0.39, 0.29) is 12.0 Å². The number of aldehydes is 1. The van der Waals surface area contributed by atoms with Crippen molar-refractivity contribution in [2.45, 2.75) is 18.6 Å². The Balaban J connectivity index is 2.27. The third-order valence-corrected chi connectivity index (χ3v) is 1.46. The predicted molar refractivity (Wildman–Crippen MR) is 28.2 cm³/mol. The van der Waals surface area contributed by atoms with Crippen LogP contribution in [0.2, 0.25) is 0 Å². The number of rotatable bonds is 2. The fourth-order valence-electron chi connectivity index (χ4n) is 0.715. The van der Waals surface area contributed by atoms with Crippen LogP contribution < -0.4 is 5.73 Å². The van der Waals surface area contributed by atoms with Crippen LogP contribution in [0.15, 0.2) is 0 Å². The minimum atomic E-state index is -0.440. The molecule has 3 N–H and O–H groups in total. The van der Waals surface area contributed by atoms with Gasteiger partial charge in [-0.15, -0.1) is 0 Å². The molecule has 0 saturated heterocycles. The Morgan fingerprint density at radius 1 is 1.88 bits per heavy atom. The molecule has 46 valence electrons. The lowest BCUT2D eigenvalue weighted by Crippen LogP contribution is -2.25. The van der Waals surface area contributed by atoms with E-state index in [4.69, 9.17) is 10.8 Å². The summed E-state index contributed by atoms with van der Waals surface area (Å²) >= 11 is 0. The smallest absolute Gasteiger partial charge is 0.137 e. The van der Waals surface area contributed by atoms with Gasteiger partial charge in [0, 0.05) is 5.92 Å². The highest BCUT2D eigenvalue weighted by Gasteiger charge is 2.39. The minimum absolute atomic E-state index is 0.0486. The van der Waals surface area contributed by atoms with Gasteiger partial charge in [0.25, 0.3) is 0 Å². The molecule has 1 saturated carbocycles. The second-order valence-corrected chi connectivity index (χ2v) is 2.18. The Labute approximate surface area is 47.5 Å². The molecule has 0 spiro atoms. The fourth-order valence-corrected chi connectivity index (χ4v) is 0.715. The average molecular weight is 115 g/mol. The Morgan fingerprint density at radius 3 is 2.50 bits per heavy atom. The summed E-state index contributed by atoms with van der Waals surface area (Å²) in [6, 6.07) is -0.440. The number of hydrogen-bond donors (Lipinski definition) is 2. The van der Waals surface area contributed by atoms with E-state index >= 15 is 0 Å². The topological polar surface area (TPSA) is 63.3 Å². The van der Waals surface area contributed by atoms with Crippen LogP contribution in [0.4, 0.5) is 0 Å². The fraction of sp³-hybridized carbons (Fsp3) is 0.800. The van der Waals surface area contributed by atoms with Gasteiger partial charge in [0.15, 0.2) is 0 Å². The first-order chi connectivity index (χ1) is 3.75. The molecular weight excluding hydrogens is 106 g/mol. The number of aliphatic hydroxyl groups excluding tert-OH is 1. The van der Waals surface area contributed by atoms with Crippen molar-refractivity contribution in [3.63, 3.8) is 0 Å². The molecule has 2 unspecified atom stereocenters. The van der Waals surface area contributed by atoms with Gasteiger partial charge in [0.2, 0.25) is 0 Å². The molecule has 0 aromatic heterocycles. The second kappa shape index (κ2) is 1.84. The van der Waals surface area contributed by atoms with Crippen LogP contribution >= 0.6 is 0 Å². The SMILES string of the molecule is N[C@H](C=O)C1CC1O. The van der Waals surface area contributed by atoms with Crippen molar-refractivity contribution in [1.29, 1.82) is 0 Å². The van der Waals surface area contributed by atoms with Crippen molar-refractivity contribution < 1.29 is 9.90 Å². The van der Waals surface area contributed by atoms with Crippen molar-refractivity contribution >= 4 is 6.29 Å². The molecule has 0 aromatic carbocycles. The van der Waals surface area contributed by atoms with Gasteiger partial charge in [-0.05, 0) is 6.42 Å². The summed E-state index contributed by atoms with van der Waals surface area (Å²) in [6.07, 6.45) is 1.07. The van der Waals surface area contributed by atoms with Gasteiger partial charge in [-0.25, -0.2) is 0 Å². The predicted octanol–water partition coefficient (Wildman–Crippen LogP) is -1.11.